The molecule has 0 amide bonds. The lowest BCUT2D eigenvalue weighted by molar-refractivity contribution is 0.261. The number of methoxy groups -OCH3 is 1. The van der Waals surface area contributed by atoms with E-state index >= 15 is 0 Å². The van der Waals surface area contributed by atoms with Crippen molar-refractivity contribution < 1.29 is 9.84 Å². The van der Waals surface area contributed by atoms with Crippen molar-refractivity contribution in [3.63, 3.8) is 0 Å². The molecule has 0 heterocycles. The number of benzene rings is 1. The Bertz CT molecular complexity index is 332. The van der Waals surface area contributed by atoms with E-state index < -0.39 is 0 Å². The SMILES string of the molecule is COc1ccc(C(CCO)C(C)C)cc1C. The van der Waals surface area contributed by atoms with Gasteiger partial charge in [-0.1, -0.05) is 26.0 Å². The number of rotatable bonds is 5. The molecule has 0 fully saturated rings. The molecule has 0 aliphatic heterocycles. The average molecular weight is 222 g/mol. The van der Waals surface area contributed by atoms with Crippen molar-refractivity contribution in [2.24, 2.45) is 5.92 Å². The van der Waals surface area contributed by atoms with Crippen LogP contribution in [0.2, 0.25) is 0 Å². The van der Waals surface area contributed by atoms with Crippen LogP contribution in [0.4, 0.5) is 0 Å². The van der Waals surface area contributed by atoms with Gasteiger partial charge in [-0.3, -0.25) is 0 Å². The molecule has 90 valence electrons. The number of aliphatic hydroxyl groups is 1. The van der Waals surface area contributed by atoms with Gasteiger partial charge in [0.25, 0.3) is 0 Å². The van der Waals surface area contributed by atoms with E-state index in [1.54, 1.807) is 7.11 Å². The monoisotopic (exact) mass is 222 g/mol. The molecule has 1 unspecified atom stereocenters. The molecule has 0 radical (unpaired) electrons. The summed E-state index contributed by atoms with van der Waals surface area (Å²) < 4.78 is 5.25. The van der Waals surface area contributed by atoms with E-state index in [0.29, 0.717) is 11.8 Å². The molecule has 16 heavy (non-hydrogen) atoms. The van der Waals surface area contributed by atoms with Gasteiger partial charge >= 0.3 is 0 Å². The minimum Gasteiger partial charge on any atom is -0.496 e. The van der Waals surface area contributed by atoms with Crippen LogP contribution in [-0.2, 0) is 0 Å². The number of aryl methyl sites for hydroxylation is 1. The van der Waals surface area contributed by atoms with E-state index in [1.165, 1.54) is 5.56 Å². The van der Waals surface area contributed by atoms with Gasteiger partial charge in [0, 0.05) is 6.61 Å². The third kappa shape index (κ3) is 2.99. The Hall–Kier alpha value is -1.02. The fourth-order valence-electron chi connectivity index (χ4n) is 2.16. The number of ether oxygens (including phenoxy) is 1. The molecule has 0 spiro atoms. The normalized spacial score (nSPS) is 12.9. The first-order valence-electron chi connectivity index (χ1n) is 5.85. The third-order valence-electron chi connectivity index (χ3n) is 3.09. The maximum absolute atomic E-state index is 9.09. The molecule has 0 bridgehead atoms. The van der Waals surface area contributed by atoms with Gasteiger partial charge in [-0.05, 0) is 42.4 Å². The molecule has 1 aromatic carbocycles. The van der Waals surface area contributed by atoms with E-state index in [4.69, 9.17) is 9.84 Å². The van der Waals surface area contributed by atoms with Crippen LogP contribution in [0.1, 0.15) is 37.3 Å². The molecule has 1 N–H and O–H groups in total. The van der Waals surface area contributed by atoms with Crippen LogP contribution >= 0.6 is 0 Å². The summed E-state index contributed by atoms with van der Waals surface area (Å²) in [6.45, 7) is 6.69. The summed E-state index contributed by atoms with van der Waals surface area (Å²) in [5.74, 6) is 1.89. The van der Waals surface area contributed by atoms with Crippen molar-refractivity contribution in [3.8, 4) is 5.75 Å². The molecule has 1 atom stereocenters. The quantitative estimate of drug-likeness (QED) is 0.829. The standard InChI is InChI=1S/C14H22O2/c1-10(2)13(7-8-15)12-5-6-14(16-4)11(3)9-12/h5-6,9-10,13,15H,7-8H2,1-4H3. The highest BCUT2D eigenvalue weighted by Gasteiger charge is 2.16. The van der Waals surface area contributed by atoms with Gasteiger partial charge in [0.15, 0.2) is 0 Å². The fraction of sp³-hybridized carbons (Fsp3) is 0.571. The predicted molar refractivity (Wildman–Crippen MR) is 67.0 cm³/mol. The topological polar surface area (TPSA) is 29.5 Å². The van der Waals surface area contributed by atoms with Gasteiger partial charge in [-0.25, -0.2) is 0 Å². The highest BCUT2D eigenvalue weighted by atomic mass is 16.5. The van der Waals surface area contributed by atoms with E-state index in [2.05, 4.69) is 32.9 Å². The van der Waals surface area contributed by atoms with Crippen LogP contribution in [0.3, 0.4) is 0 Å². The summed E-state index contributed by atoms with van der Waals surface area (Å²) in [5.41, 5.74) is 2.45. The summed E-state index contributed by atoms with van der Waals surface area (Å²) in [7, 11) is 1.69. The van der Waals surface area contributed by atoms with Crippen LogP contribution in [-0.4, -0.2) is 18.8 Å². The summed E-state index contributed by atoms with van der Waals surface area (Å²) in [4.78, 5) is 0. The molecular weight excluding hydrogens is 200 g/mol. The molecule has 0 saturated carbocycles. The lowest BCUT2D eigenvalue weighted by Crippen LogP contribution is -2.09. The van der Waals surface area contributed by atoms with Crippen LogP contribution in [0, 0.1) is 12.8 Å². The molecule has 0 saturated heterocycles. The summed E-state index contributed by atoms with van der Waals surface area (Å²) in [6.07, 6.45) is 0.823. The van der Waals surface area contributed by atoms with Gasteiger partial charge in [0.1, 0.15) is 5.75 Å². The van der Waals surface area contributed by atoms with Crippen LogP contribution in [0.15, 0.2) is 18.2 Å². The maximum atomic E-state index is 9.09. The first-order valence-corrected chi connectivity index (χ1v) is 5.85. The zero-order valence-electron chi connectivity index (χ0n) is 10.7. The Morgan fingerprint density at radius 3 is 2.44 bits per heavy atom. The van der Waals surface area contributed by atoms with Crippen molar-refractivity contribution in [2.75, 3.05) is 13.7 Å². The van der Waals surface area contributed by atoms with Crippen molar-refractivity contribution in [1.29, 1.82) is 0 Å². The van der Waals surface area contributed by atoms with Gasteiger partial charge < -0.3 is 9.84 Å². The van der Waals surface area contributed by atoms with Gasteiger partial charge in [0.2, 0.25) is 0 Å². The summed E-state index contributed by atoms with van der Waals surface area (Å²) in [5, 5.41) is 9.09. The lowest BCUT2D eigenvalue weighted by Gasteiger charge is -2.21. The Morgan fingerprint density at radius 2 is 2.00 bits per heavy atom. The first-order chi connectivity index (χ1) is 7.60. The number of aliphatic hydroxyl groups excluding tert-OH is 1. The lowest BCUT2D eigenvalue weighted by atomic mass is 9.85. The van der Waals surface area contributed by atoms with Gasteiger partial charge in [-0.15, -0.1) is 0 Å². The summed E-state index contributed by atoms with van der Waals surface area (Å²) >= 11 is 0. The van der Waals surface area contributed by atoms with Crippen LogP contribution in [0.25, 0.3) is 0 Å². The van der Waals surface area contributed by atoms with E-state index in [1.807, 2.05) is 6.07 Å². The molecule has 1 aromatic rings. The molecule has 0 aliphatic rings. The fourth-order valence-corrected chi connectivity index (χ4v) is 2.16. The van der Waals surface area contributed by atoms with Crippen molar-refractivity contribution in [2.45, 2.75) is 33.1 Å². The highest BCUT2D eigenvalue weighted by molar-refractivity contribution is 5.37. The van der Waals surface area contributed by atoms with Crippen LogP contribution < -0.4 is 4.74 Å². The minimum atomic E-state index is 0.244. The van der Waals surface area contributed by atoms with Crippen LogP contribution in [0.5, 0.6) is 5.75 Å². The molecule has 2 nitrogen and oxygen atoms in total. The molecule has 2 heteroatoms. The second-order valence-electron chi connectivity index (χ2n) is 4.59. The van der Waals surface area contributed by atoms with Gasteiger partial charge in [-0.2, -0.15) is 0 Å². The van der Waals surface area contributed by atoms with E-state index in [-0.39, 0.29) is 6.61 Å². The van der Waals surface area contributed by atoms with E-state index in [0.717, 1.165) is 17.7 Å². The molecule has 1 rings (SSSR count). The Morgan fingerprint density at radius 1 is 1.31 bits per heavy atom. The van der Waals surface area contributed by atoms with Gasteiger partial charge in [0.05, 0.1) is 7.11 Å². The zero-order chi connectivity index (χ0) is 12.1. The van der Waals surface area contributed by atoms with Crippen molar-refractivity contribution in [3.05, 3.63) is 29.3 Å². The molecule has 0 aromatic heterocycles. The average Bonchev–Trinajstić information content (AvgIpc) is 2.25. The Balaban J connectivity index is 2.97. The van der Waals surface area contributed by atoms with Crippen molar-refractivity contribution >= 4 is 0 Å². The second kappa shape index (κ2) is 5.90. The highest BCUT2D eigenvalue weighted by Crippen LogP contribution is 2.30. The number of hydrogen-bond donors (Lipinski definition) is 1. The first kappa shape index (κ1) is 13.0. The zero-order valence-corrected chi connectivity index (χ0v) is 10.7. The minimum absolute atomic E-state index is 0.244. The van der Waals surface area contributed by atoms with E-state index in [9.17, 15) is 0 Å². The smallest absolute Gasteiger partial charge is 0.121 e. The Kier molecular flexibility index (Phi) is 4.81. The summed E-state index contributed by atoms with van der Waals surface area (Å²) in [6, 6.07) is 6.28. The third-order valence-corrected chi connectivity index (χ3v) is 3.09. The Labute approximate surface area is 98.3 Å². The maximum Gasteiger partial charge on any atom is 0.121 e. The predicted octanol–water partition coefficient (Wildman–Crippen LogP) is 3.13. The molecule has 0 aliphatic carbocycles. The second-order valence-corrected chi connectivity index (χ2v) is 4.59. The number of hydrogen-bond acceptors (Lipinski definition) is 2. The largest absolute Gasteiger partial charge is 0.496 e. The van der Waals surface area contributed by atoms with Crippen molar-refractivity contribution in [1.82, 2.24) is 0 Å². The molecular formula is C14H22O2.